The molecule has 0 aliphatic heterocycles. The molecule has 0 unspecified atom stereocenters. The second-order valence-electron chi connectivity index (χ2n) is 8.12. The lowest BCUT2D eigenvalue weighted by Gasteiger charge is -2.13. The maximum Gasteiger partial charge on any atom is 0.234 e. The summed E-state index contributed by atoms with van der Waals surface area (Å²) in [5.74, 6) is 1.95. The molecule has 0 radical (unpaired) electrons. The van der Waals surface area contributed by atoms with Crippen molar-refractivity contribution in [1.82, 2.24) is 19.3 Å². The van der Waals surface area contributed by atoms with Gasteiger partial charge in [-0.1, -0.05) is 50.2 Å². The number of nitrogens with zero attached hydrogens (tertiary/aromatic N) is 4. The Hall–Kier alpha value is -3.86. The number of nitrogens with one attached hydrogen (secondary N) is 1. The Bertz CT molecular complexity index is 1350. The number of benzene rings is 3. The highest BCUT2D eigenvalue weighted by Gasteiger charge is 2.17. The predicted molar refractivity (Wildman–Crippen MR) is 127 cm³/mol. The normalized spacial score (nSPS) is 11.4. The number of rotatable bonds is 5. The zero-order chi connectivity index (χ0) is 21.4. The van der Waals surface area contributed by atoms with Crippen molar-refractivity contribution in [1.29, 1.82) is 0 Å². The highest BCUT2D eigenvalue weighted by atomic mass is 15.4. The number of aryl methyl sites for hydroxylation is 1. The van der Waals surface area contributed by atoms with Crippen molar-refractivity contribution in [3.8, 4) is 17.1 Å². The van der Waals surface area contributed by atoms with Crippen LogP contribution in [0.1, 0.15) is 25.3 Å². The fourth-order valence-electron chi connectivity index (χ4n) is 3.89. The minimum atomic E-state index is 0.443. The molecule has 5 heteroatoms. The van der Waals surface area contributed by atoms with E-state index >= 15 is 0 Å². The molecule has 1 N–H and O–H groups in total. The molecule has 0 aliphatic rings. The quantitative estimate of drug-likeness (QED) is 0.372. The number of para-hydroxylation sites is 1. The first-order valence-corrected chi connectivity index (χ1v) is 10.5. The van der Waals surface area contributed by atoms with Gasteiger partial charge in [-0.25, -0.2) is 0 Å². The highest BCUT2D eigenvalue weighted by Crippen LogP contribution is 2.30. The van der Waals surface area contributed by atoms with Gasteiger partial charge in [0.25, 0.3) is 0 Å². The molecule has 0 amide bonds. The molecule has 0 saturated carbocycles. The second-order valence-corrected chi connectivity index (χ2v) is 8.12. The number of anilines is 2. The van der Waals surface area contributed by atoms with E-state index in [4.69, 9.17) is 0 Å². The summed E-state index contributed by atoms with van der Waals surface area (Å²) in [5.41, 5.74) is 5.51. The first kappa shape index (κ1) is 19.1. The van der Waals surface area contributed by atoms with Crippen LogP contribution in [-0.4, -0.2) is 19.3 Å². The lowest BCUT2D eigenvalue weighted by molar-refractivity contribution is 0.866. The van der Waals surface area contributed by atoms with Gasteiger partial charge in [0.2, 0.25) is 5.95 Å². The van der Waals surface area contributed by atoms with Crippen LogP contribution in [0.5, 0.6) is 0 Å². The summed E-state index contributed by atoms with van der Waals surface area (Å²) in [6.07, 6.45) is 2.08. The standard InChI is InChI=1S/C26H25N5/c1-18(2)19-8-7-9-21(16-19)25-28-29-26(27-22-10-5-4-6-11-22)31(25)23-12-13-24-20(17-23)14-15-30(24)3/h4-18H,1-3H3,(H,27,29). The molecule has 2 heterocycles. The van der Waals surface area contributed by atoms with Crippen molar-refractivity contribution < 1.29 is 0 Å². The third-order valence-corrected chi connectivity index (χ3v) is 5.63. The molecule has 0 atom stereocenters. The smallest absolute Gasteiger partial charge is 0.234 e. The van der Waals surface area contributed by atoms with Gasteiger partial charge in [-0.3, -0.25) is 4.57 Å². The van der Waals surface area contributed by atoms with E-state index < -0.39 is 0 Å². The molecule has 154 valence electrons. The van der Waals surface area contributed by atoms with Crippen LogP contribution in [0, 0.1) is 0 Å². The van der Waals surface area contributed by atoms with Crippen molar-refractivity contribution in [2.45, 2.75) is 19.8 Å². The SMILES string of the molecule is CC(C)c1cccc(-c2nnc(Nc3ccccc3)n2-c2ccc3c(ccn3C)c2)c1. The second kappa shape index (κ2) is 7.76. The Morgan fingerprint density at radius 2 is 1.68 bits per heavy atom. The third kappa shape index (κ3) is 3.59. The fourth-order valence-corrected chi connectivity index (χ4v) is 3.89. The Labute approximate surface area is 182 Å². The average molecular weight is 408 g/mol. The monoisotopic (exact) mass is 407 g/mol. The van der Waals surface area contributed by atoms with Crippen molar-refractivity contribution >= 4 is 22.5 Å². The number of fused-ring (bicyclic) bond motifs is 1. The molecule has 0 fully saturated rings. The van der Waals surface area contributed by atoms with E-state index in [0.29, 0.717) is 11.9 Å². The van der Waals surface area contributed by atoms with E-state index in [1.165, 1.54) is 16.5 Å². The van der Waals surface area contributed by atoms with Gasteiger partial charge >= 0.3 is 0 Å². The van der Waals surface area contributed by atoms with Gasteiger partial charge in [-0.15, -0.1) is 10.2 Å². The van der Waals surface area contributed by atoms with E-state index in [1.807, 2.05) is 30.3 Å². The summed E-state index contributed by atoms with van der Waals surface area (Å²) in [6.45, 7) is 4.41. The summed E-state index contributed by atoms with van der Waals surface area (Å²) in [6, 6.07) is 27.2. The van der Waals surface area contributed by atoms with Crippen molar-refractivity contribution in [2.24, 2.45) is 7.05 Å². The Balaban J connectivity index is 1.68. The average Bonchev–Trinajstić information content (AvgIpc) is 3.38. The minimum Gasteiger partial charge on any atom is -0.351 e. The van der Waals surface area contributed by atoms with Crippen LogP contribution in [-0.2, 0) is 7.05 Å². The van der Waals surface area contributed by atoms with Crippen molar-refractivity contribution in [3.05, 3.63) is 90.6 Å². The Morgan fingerprint density at radius 1 is 0.839 bits per heavy atom. The Morgan fingerprint density at radius 3 is 2.48 bits per heavy atom. The summed E-state index contributed by atoms with van der Waals surface area (Å²) in [4.78, 5) is 0. The molecule has 2 aromatic heterocycles. The molecule has 31 heavy (non-hydrogen) atoms. The molecule has 0 saturated heterocycles. The van der Waals surface area contributed by atoms with Crippen molar-refractivity contribution in [3.63, 3.8) is 0 Å². The van der Waals surface area contributed by atoms with Gasteiger partial charge in [-0.05, 0) is 53.9 Å². The summed E-state index contributed by atoms with van der Waals surface area (Å²) < 4.78 is 4.22. The predicted octanol–water partition coefficient (Wildman–Crippen LogP) is 6.29. The third-order valence-electron chi connectivity index (χ3n) is 5.63. The first-order valence-electron chi connectivity index (χ1n) is 10.5. The minimum absolute atomic E-state index is 0.443. The molecular weight excluding hydrogens is 382 g/mol. The zero-order valence-electron chi connectivity index (χ0n) is 17.9. The summed E-state index contributed by atoms with van der Waals surface area (Å²) in [5, 5.41) is 13.7. The van der Waals surface area contributed by atoms with Gasteiger partial charge < -0.3 is 9.88 Å². The van der Waals surface area contributed by atoms with Crippen LogP contribution < -0.4 is 5.32 Å². The first-order chi connectivity index (χ1) is 15.1. The van der Waals surface area contributed by atoms with Gasteiger partial charge in [0.05, 0.1) is 5.69 Å². The largest absolute Gasteiger partial charge is 0.351 e. The van der Waals surface area contributed by atoms with Gasteiger partial charge in [0.15, 0.2) is 5.82 Å². The molecule has 5 aromatic rings. The molecule has 0 spiro atoms. The van der Waals surface area contributed by atoms with E-state index in [9.17, 15) is 0 Å². The number of hydrogen-bond donors (Lipinski definition) is 1. The van der Waals surface area contributed by atoms with E-state index in [-0.39, 0.29) is 0 Å². The van der Waals surface area contributed by atoms with Gasteiger partial charge in [0, 0.05) is 35.4 Å². The van der Waals surface area contributed by atoms with E-state index in [2.05, 4.69) is 100 Å². The van der Waals surface area contributed by atoms with Crippen LogP contribution in [0.3, 0.4) is 0 Å². The van der Waals surface area contributed by atoms with Crippen LogP contribution in [0.4, 0.5) is 11.6 Å². The van der Waals surface area contributed by atoms with Crippen LogP contribution in [0.25, 0.3) is 28.0 Å². The maximum atomic E-state index is 4.59. The molecule has 0 bridgehead atoms. The molecular formula is C26H25N5. The molecule has 5 nitrogen and oxygen atoms in total. The van der Waals surface area contributed by atoms with Gasteiger partial charge in [-0.2, -0.15) is 0 Å². The van der Waals surface area contributed by atoms with Crippen LogP contribution in [0.2, 0.25) is 0 Å². The van der Waals surface area contributed by atoms with Crippen molar-refractivity contribution in [2.75, 3.05) is 5.32 Å². The van der Waals surface area contributed by atoms with Crippen LogP contribution in [0.15, 0.2) is 85.1 Å². The van der Waals surface area contributed by atoms with E-state index in [1.54, 1.807) is 0 Å². The van der Waals surface area contributed by atoms with E-state index in [0.717, 1.165) is 22.8 Å². The fraction of sp³-hybridized carbons (Fsp3) is 0.154. The highest BCUT2D eigenvalue weighted by molar-refractivity contribution is 5.83. The molecule has 5 rings (SSSR count). The number of aromatic nitrogens is 4. The zero-order valence-corrected chi connectivity index (χ0v) is 17.9. The lowest BCUT2D eigenvalue weighted by atomic mass is 10.0. The Kier molecular flexibility index (Phi) is 4.79. The lowest BCUT2D eigenvalue weighted by Crippen LogP contribution is -2.04. The van der Waals surface area contributed by atoms with Gasteiger partial charge in [0.1, 0.15) is 0 Å². The van der Waals surface area contributed by atoms with Crippen LogP contribution >= 0.6 is 0 Å². The molecule has 3 aromatic carbocycles. The number of hydrogen-bond acceptors (Lipinski definition) is 3. The topological polar surface area (TPSA) is 47.7 Å². The summed E-state index contributed by atoms with van der Waals surface area (Å²) >= 11 is 0. The maximum absolute atomic E-state index is 4.59. The summed E-state index contributed by atoms with van der Waals surface area (Å²) in [7, 11) is 2.06. The molecule has 0 aliphatic carbocycles.